The Kier molecular flexibility index (Phi) is 5.66. The van der Waals surface area contributed by atoms with Gasteiger partial charge < -0.3 is 15.4 Å². The second-order valence-corrected chi connectivity index (χ2v) is 6.64. The van der Waals surface area contributed by atoms with Gasteiger partial charge in [-0.2, -0.15) is 0 Å². The van der Waals surface area contributed by atoms with Crippen LogP contribution in [0.3, 0.4) is 0 Å². The molecule has 5 nitrogen and oxygen atoms in total. The summed E-state index contributed by atoms with van der Waals surface area (Å²) in [7, 11) is 0. The maximum atomic E-state index is 12.6. The first-order valence-electron chi connectivity index (χ1n) is 8.85. The van der Waals surface area contributed by atoms with Gasteiger partial charge >= 0.3 is 0 Å². The number of nitrogens with zero attached hydrogens (tertiary/aromatic N) is 1. The average molecular weight is 339 g/mol. The highest BCUT2D eigenvalue weighted by Crippen LogP contribution is 2.24. The van der Waals surface area contributed by atoms with Crippen LogP contribution in [-0.4, -0.2) is 30.1 Å². The van der Waals surface area contributed by atoms with E-state index < -0.39 is 0 Å². The zero-order valence-electron chi connectivity index (χ0n) is 14.8. The topological polar surface area (TPSA) is 63.2 Å². The number of aromatic nitrogens is 1. The van der Waals surface area contributed by atoms with Crippen LogP contribution in [-0.2, 0) is 4.74 Å². The molecule has 0 spiro atoms. The van der Waals surface area contributed by atoms with Crippen LogP contribution in [0.15, 0.2) is 42.6 Å². The Hall–Kier alpha value is -2.40. The minimum atomic E-state index is -0.200. The Morgan fingerprint density at radius 3 is 2.92 bits per heavy atom. The summed E-state index contributed by atoms with van der Waals surface area (Å²) in [6, 6.07) is 11.5. The van der Waals surface area contributed by atoms with Crippen LogP contribution in [0.2, 0.25) is 0 Å². The number of ether oxygens (including phenoxy) is 1. The van der Waals surface area contributed by atoms with Gasteiger partial charge in [0.1, 0.15) is 5.69 Å². The third kappa shape index (κ3) is 4.57. The Morgan fingerprint density at radius 2 is 2.16 bits per heavy atom. The molecule has 25 heavy (non-hydrogen) atoms. The second-order valence-electron chi connectivity index (χ2n) is 6.64. The summed E-state index contributed by atoms with van der Waals surface area (Å²) < 4.78 is 5.61. The van der Waals surface area contributed by atoms with Crippen molar-refractivity contribution in [1.29, 1.82) is 0 Å². The maximum absolute atomic E-state index is 12.6. The van der Waals surface area contributed by atoms with Gasteiger partial charge in [0, 0.05) is 30.7 Å². The number of hydrogen-bond acceptors (Lipinski definition) is 4. The van der Waals surface area contributed by atoms with Crippen molar-refractivity contribution in [2.45, 2.75) is 38.7 Å². The van der Waals surface area contributed by atoms with Crippen molar-refractivity contribution in [3.8, 4) is 0 Å². The normalized spacial score (nSPS) is 16.8. The molecule has 1 aliphatic rings. The molecular formula is C20H25N3O2. The Morgan fingerprint density at radius 1 is 1.32 bits per heavy atom. The molecule has 132 valence electrons. The van der Waals surface area contributed by atoms with Crippen molar-refractivity contribution in [3.63, 3.8) is 0 Å². The molecule has 1 aromatic carbocycles. The molecule has 3 rings (SSSR count). The largest absolute Gasteiger partial charge is 0.382 e. The van der Waals surface area contributed by atoms with Gasteiger partial charge in [0.25, 0.3) is 5.91 Å². The van der Waals surface area contributed by atoms with E-state index in [1.54, 1.807) is 12.3 Å². The average Bonchev–Trinajstić information content (AvgIpc) is 3.14. The summed E-state index contributed by atoms with van der Waals surface area (Å²) in [5.41, 5.74) is 3.23. The van der Waals surface area contributed by atoms with E-state index in [-0.39, 0.29) is 12.0 Å². The molecule has 1 amide bonds. The van der Waals surface area contributed by atoms with Crippen molar-refractivity contribution >= 4 is 17.3 Å². The molecular weight excluding hydrogens is 314 g/mol. The van der Waals surface area contributed by atoms with Crippen LogP contribution in [0, 0.1) is 0 Å². The fourth-order valence-corrected chi connectivity index (χ4v) is 3.00. The summed E-state index contributed by atoms with van der Waals surface area (Å²) in [6.07, 6.45) is 4.10. The minimum absolute atomic E-state index is 0.200. The van der Waals surface area contributed by atoms with Crippen molar-refractivity contribution in [1.82, 2.24) is 4.98 Å². The van der Waals surface area contributed by atoms with Gasteiger partial charge in [0.05, 0.1) is 6.10 Å². The lowest BCUT2D eigenvalue weighted by Crippen LogP contribution is -2.19. The molecule has 0 bridgehead atoms. The minimum Gasteiger partial charge on any atom is -0.382 e. The first-order chi connectivity index (χ1) is 12.1. The zero-order valence-corrected chi connectivity index (χ0v) is 14.8. The first kappa shape index (κ1) is 17.4. The molecule has 0 radical (unpaired) electrons. The van der Waals surface area contributed by atoms with Crippen LogP contribution >= 0.6 is 0 Å². The van der Waals surface area contributed by atoms with Gasteiger partial charge in [-0.25, -0.2) is 0 Å². The highest BCUT2D eigenvalue weighted by atomic mass is 16.5. The van der Waals surface area contributed by atoms with Crippen molar-refractivity contribution < 1.29 is 9.53 Å². The van der Waals surface area contributed by atoms with Gasteiger partial charge in [-0.15, -0.1) is 0 Å². The van der Waals surface area contributed by atoms with Crippen molar-refractivity contribution in [2.24, 2.45) is 0 Å². The Bertz CT molecular complexity index is 724. The van der Waals surface area contributed by atoms with Crippen LogP contribution in [0.5, 0.6) is 0 Å². The number of nitrogens with one attached hydrogen (secondary N) is 2. The van der Waals surface area contributed by atoms with E-state index in [1.807, 2.05) is 30.3 Å². The predicted octanol–water partition coefficient (Wildman–Crippen LogP) is 4.05. The molecule has 1 atom stereocenters. The van der Waals surface area contributed by atoms with E-state index >= 15 is 0 Å². The summed E-state index contributed by atoms with van der Waals surface area (Å²) in [5.74, 6) is 0.137. The SMILES string of the molecule is CC(C)c1ccccc1NC(=O)c1cc(NCC2CCCO2)ccn1. The maximum Gasteiger partial charge on any atom is 0.274 e. The molecule has 2 aromatic rings. The quantitative estimate of drug-likeness (QED) is 0.833. The van der Waals surface area contributed by atoms with E-state index in [1.165, 1.54) is 0 Å². The van der Waals surface area contributed by atoms with E-state index in [0.717, 1.165) is 42.9 Å². The van der Waals surface area contributed by atoms with E-state index in [4.69, 9.17) is 4.74 Å². The smallest absolute Gasteiger partial charge is 0.274 e. The van der Waals surface area contributed by atoms with E-state index in [0.29, 0.717) is 11.6 Å². The monoisotopic (exact) mass is 339 g/mol. The molecule has 0 saturated carbocycles. The number of para-hydroxylation sites is 1. The third-order valence-electron chi connectivity index (χ3n) is 4.38. The molecule has 1 fully saturated rings. The molecule has 1 saturated heterocycles. The predicted molar refractivity (Wildman–Crippen MR) is 100 cm³/mol. The van der Waals surface area contributed by atoms with Gasteiger partial charge in [0.15, 0.2) is 0 Å². The molecule has 5 heteroatoms. The third-order valence-corrected chi connectivity index (χ3v) is 4.38. The number of anilines is 2. The lowest BCUT2D eigenvalue weighted by molar-refractivity contribution is 0.102. The van der Waals surface area contributed by atoms with E-state index in [2.05, 4.69) is 29.5 Å². The van der Waals surface area contributed by atoms with Gasteiger partial charge in [-0.3, -0.25) is 9.78 Å². The van der Waals surface area contributed by atoms with Gasteiger partial charge in [-0.05, 0) is 42.5 Å². The number of pyridine rings is 1. The van der Waals surface area contributed by atoms with Crippen LogP contribution in [0.1, 0.15) is 48.7 Å². The second kappa shape index (κ2) is 8.12. The summed E-state index contributed by atoms with van der Waals surface area (Å²) in [5, 5.41) is 6.31. The number of hydrogen-bond donors (Lipinski definition) is 2. The summed E-state index contributed by atoms with van der Waals surface area (Å²) in [6.45, 7) is 5.81. The number of carbonyl (C=O) groups is 1. The molecule has 2 N–H and O–H groups in total. The Balaban J connectivity index is 1.67. The fraction of sp³-hybridized carbons (Fsp3) is 0.400. The lowest BCUT2D eigenvalue weighted by atomic mass is 10.0. The molecule has 0 aliphatic carbocycles. The number of amides is 1. The Labute approximate surface area is 148 Å². The molecule has 2 heterocycles. The lowest BCUT2D eigenvalue weighted by Gasteiger charge is -2.14. The summed E-state index contributed by atoms with van der Waals surface area (Å²) in [4.78, 5) is 16.8. The van der Waals surface area contributed by atoms with Crippen LogP contribution < -0.4 is 10.6 Å². The standard InChI is InChI=1S/C20H25N3O2/c1-14(2)17-7-3-4-8-18(17)23-20(24)19-12-15(9-10-21-19)22-13-16-6-5-11-25-16/h3-4,7-10,12,14,16H,5-6,11,13H2,1-2H3,(H,21,22)(H,23,24). The van der Waals surface area contributed by atoms with Crippen LogP contribution in [0.4, 0.5) is 11.4 Å². The first-order valence-corrected chi connectivity index (χ1v) is 8.85. The summed E-state index contributed by atoms with van der Waals surface area (Å²) >= 11 is 0. The number of benzene rings is 1. The fourth-order valence-electron chi connectivity index (χ4n) is 3.00. The van der Waals surface area contributed by atoms with Gasteiger partial charge in [0.2, 0.25) is 0 Å². The van der Waals surface area contributed by atoms with Crippen LogP contribution in [0.25, 0.3) is 0 Å². The number of rotatable bonds is 6. The zero-order chi connectivity index (χ0) is 17.6. The molecule has 1 unspecified atom stereocenters. The molecule has 1 aromatic heterocycles. The van der Waals surface area contributed by atoms with Crippen molar-refractivity contribution in [3.05, 3.63) is 53.9 Å². The highest BCUT2D eigenvalue weighted by Gasteiger charge is 2.16. The van der Waals surface area contributed by atoms with Gasteiger partial charge in [-0.1, -0.05) is 32.0 Å². The van der Waals surface area contributed by atoms with E-state index in [9.17, 15) is 4.79 Å². The molecule has 1 aliphatic heterocycles. The number of carbonyl (C=O) groups excluding carboxylic acids is 1. The highest BCUT2D eigenvalue weighted by molar-refractivity contribution is 6.03. The van der Waals surface area contributed by atoms with Crippen molar-refractivity contribution in [2.75, 3.05) is 23.8 Å².